The number of esters is 1. The van der Waals surface area contributed by atoms with Crippen LogP contribution in [0.3, 0.4) is 0 Å². The Labute approximate surface area is 90.8 Å². The van der Waals surface area contributed by atoms with Gasteiger partial charge in [-0.05, 0) is 6.92 Å². The molecule has 0 unspecified atom stereocenters. The van der Waals surface area contributed by atoms with Crippen molar-refractivity contribution in [2.75, 3.05) is 6.61 Å². The Morgan fingerprint density at radius 1 is 1.62 bits per heavy atom. The summed E-state index contributed by atoms with van der Waals surface area (Å²) in [5.41, 5.74) is 4.42. The number of aromatic amines is 1. The zero-order valence-electron chi connectivity index (χ0n) is 8.80. The van der Waals surface area contributed by atoms with E-state index in [0.29, 0.717) is 0 Å². The third-order valence-corrected chi connectivity index (χ3v) is 1.88. The van der Waals surface area contributed by atoms with Gasteiger partial charge in [0.15, 0.2) is 0 Å². The van der Waals surface area contributed by atoms with Crippen molar-refractivity contribution in [1.82, 2.24) is 9.55 Å². The molecule has 0 saturated carbocycles. The molecule has 0 amide bonds. The lowest BCUT2D eigenvalue weighted by atomic mass is 10.3. The molecule has 1 aromatic heterocycles. The van der Waals surface area contributed by atoms with E-state index in [1.165, 1.54) is 12.3 Å². The van der Waals surface area contributed by atoms with E-state index in [2.05, 4.69) is 9.72 Å². The SMILES string of the molecule is CCOC(=O)[C@@H](N)Cn1ccc(=O)[nH]c1=O. The Morgan fingerprint density at radius 3 is 2.88 bits per heavy atom. The zero-order chi connectivity index (χ0) is 12.1. The van der Waals surface area contributed by atoms with Gasteiger partial charge < -0.3 is 10.5 Å². The van der Waals surface area contributed by atoms with E-state index in [4.69, 9.17) is 5.73 Å². The molecule has 1 rings (SSSR count). The van der Waals surface area contributed by atoms with Crippen molar-refractivity contribution in [3.8, 4) is 0 Å². The topological polar surface area (TPSA) is 107 Å². The van der Waals surface area contributed by atoms with Gasteiger partial charge in [-0.3, -0.25) is 19.1 Å². The molecule has 3 N–H and O–H groups in total. The highest BCUT2D eigenvalue weighted by Gasteiger charge is 2.15. The van der Waals surface area contributed by atoms with Crippen LogP contribution in [0.15, 0.2) is 21.9 Å². The third-order valence-electron chi connectivity index (χ3n) is 1.88. The van der Waals surface area contributed by atoms with Crippen LogP contribution in [0.2, 0.25) is 0 Å². The van der Waals surface area contributed by atoms with Crippen LogP contribution in [0.1, 0.15) is 6.92 Å². The van der Waals surface area contributed by atoms with Gasteiger partial charge in [0.2, 0.25) is 0 Å². The van der Waals surface area contributed by atoms with Crippen LogP contribution >= 0.6 is 0 Å². The number of ether oxygens (including phenoxy) is 1. The number of hydrogen-bond donors (Lipinski definition) is 2. The number of carbonyl (C=O) groups excluding carboxylic acids is 1. The highest BCUT2D eigenvalue weighted by Crippen LogP contribution is 1.89. The van der Waals surface area contributed by atoms with Gasteiger partial charge in [-0.1, -0.05) is 0 Å². The second-order valence-corrected chi connectivity index (χ2v) is 3.12. The van der Waals surface area contributed by atoms with Gasteiger partial charge in [0, 0.05) is 12.3 Å². The third kappa shape index (κ3) is 3.06. The Morgan fingerprint density at radius 2 is 2.31 bits per heavy atom. The molecular weight excluding hydrogens is 214 g/mol. The molecule has 0 saturated heterocycles. The molecule has 16 heavy (non-hydrogen) atoms. The largest absolute Gasteiger partial charge is 0.465 e. The summed E-state index contributed by atoms with van der Waals surface area (Å²) in [4.78, 5) is 35.3. The molecule has 0 radical (unpaired) electrons. The molecule has 7 nitrogen and oxygen atoms in total. The molecule has 0 bridgehead atoms. The zero-order valence-corrected chi connectivity index (χ0v) is 8.80. The van der Waals surface area contributed by atoms with Crippen LogP contribution in [-0.4, -0.2) is 28.2 Å². The monoisotopic (exact) mass is 227 g/mol. The van der Waals surface area contributed by atoms with Crippen molar-refractivity contribution in [1.29, 1.82) is 0 Å². The molecule has 1 atom stereocenters. The summed E-state index contributed by atoms with van der Waals surface area (Å²) in [5, 5.41) is 0. The molecule has 88 valence electrons. The molecular formula is C9H13N3O4. The lowest BCUT2D eigenvalue weighted by Crippen LogP contribution is -2.40. The molecule has 7 heteroatoms. The highest BCUT2D eigenvalue weighted by atomic mass is 16.5. The summed E-state index contributed by atoms with van der Waals surface area (Å²) in [5.74, 6) is -0.583. The minimum Gasteiger partial charge on any atom is -0.465 e. The Bertz CT molecular complexity index is 476. The normalized spacial score (nSPS) is 12.1. The molecule has 0 fully saturated rings. The number of hydrogen-bond acceptors (Lipinski definition) is 5. The lowest BCUT2D eigenvalue weighted by molar-refractivity contribution is -0.145. The first-order valence-electron chi connectivity index (χ1n) is 4.76. The van der Waals surface area contributed by atoms with Crippen molar-refractivity contribution < 1.29 is 9.53 Å². The fraction of sp³-hybridized carbons (Fsp3) is 0.444. The van der Waals surface area contributed by atoms with Crippen molar-refractivity contribution in [2.45, 2.75) is 19.5 Å². The first kappa shape index (κ1) is 12.2. The second kappa shape index (κ2) is 5.26. The molecule has 0 aromatic carbocycles. The maximum absolute atomic E-state index is 11.3. The molecule has 0 aliphatic heterocycles. The van der Waals surface area contributed by atoms with Gasteiger partial charge >= 0.3 is 11.7 Å². The number of nitrogens with two attached hydrogens (primary N) is 1. The van der Waals surface area contributed by atoms with Crippen LogP contribution in [-0.2, 0) is 16.1 Å². The predicted octanol–water partition coefficient (Wildman–Crippen LogP) is -1.57. The number of rotatable bonds is 4. The molecule has 0 aliphatic carbocycles. The summed E-state index contributed by atoms with van der Waals surface area (Å²) in [7, 11) is 0. The van der Waals surface area contributed by atoms with Crippen LogP contribution in [0, 0.1) is 0 Å². The van der Waals surface area contributed by atoms with E-state index >= 15 is 0 Å². The van der Waals surface area contributed by atoms with Crippen LogP contribution in [0.4, 0.5) is 0 Å². The van der Waals surface area contributed by atoms with E-state index < -0.39 is 23.3 Å². The molecule has 1 aromatic rings. The number of nitrogens with one attached hydrogen (secondary N) is 1. The molecule has 0 aliphatic rings. The van der Waals surface area contributed by atoms with Gasteiger partial charge in [0.05, 0.1) is 13.2 Å². The van der Waals surface area contributed by atoms with Gasteiger partial charge in [0.1, 0.15) is 6.04 Å². The van der Waals surface area contributed by atoms with Crippen LogP contribution < -0.4 is 17.0 Å². The first-order chi connectivity index (χ1) is 7.54. The minimum absolute atomic E-state index is 0.0333. The van der Waals surface area contributed by atoms with Crippen molar-refractivity contribution in [3.05, 3.63) is 33.1 Å². The van der Waals surface area contributed by atoms with Gasteiger partial charge in [0.25, 0.3) is 5.56 Å². The summed E-state index contributed by atoms with van der Waals surface area (Å²) in [6.45, 7) is 1.86. The van der Waals surface area contributed by atoms with Crippen LogP contribution in [0.5, 0.6) is 0 Å². The maximum Gasteiger partial charge on any atom is 0.328 e. The number of H-pyrrole nitrogens is 1. The Kier molecular flexibility index (Phi) is 4.01. The predicted molar refractivity (Wildman–Crippen MR) is 55.9 cm³/mol. The number of aromatic nitrogens is 2. The van der Waals surface area contributed by atoms with E-state index in [0.717, 1.165) is 4.57 Å². The maximum atomic E-state index is 11.3. The average molecular weight is 227 g/mol. The van der Waals surface area contributed by atoms with Crippen molar-refractivity contribution in [2.24, 2.45) is 5.73 Å². The summed E-state index contributed by atoms with van der Waals surface area (Å²) in [6, 6.07) is 0.253. The molecule has 1 heterocycles. The van der Waals surface area contributed by atoms with E-state index in [-0.39, 0.29) is 13.2 Å². The standard InChI is InChI=1S/C9H13N3O4/c1-2-16-8(14)6(10)5-12-4-3-7(13)11-9(12)15/h3-4,6H,2,5,10H2,1H3,(H,11,13,15)/t6-/m0/s1. The van der Waals surface area contributed by atoms with Gasteiger partial charge in [-0.2, -0.15) is 0 Å². The fourth-order valence-corrected chi connectivity index (χ4v) is 1.12. The number of carbonyl (C=O) groups is 1. The van der Waals surface area contributed by atoms with Crippen LogP contribution in [0.25, 0.3) is 0 Å². The van der Waals surface area contributed by atoms with Gasteiger partial charge in [-0.15, -0.1) is 0 Å². The summed E-state index contributed by atoms with van der Waals surface area (Å²) < 4.78 is 5.83. The molecule has 0 spiro atoms. The fourth-order valence-electron chi connectivity index (χ4n) is 1.12. The summed E-state index contributed by atoms with van der Waals surface area (Å²) >= 11 is 0. The quantitative estimate of drug-likeness (QED) is 0.604. The lowest BCUT2D eigenvalue weighted by Gasteiger charge is -2.11. The highest BCUT2D eigenvalue weighted by molar-refractivity contribution is 5.75. The minimum atomic E-state index is -0.927. The van der Waals surface area contributed by atoms with Crippen molar-refractivity contribution >= 4 is 5.97 Å². The summed E-state index contributed by atoms with van der Waals surface area (Å²) in [6.07, 6.45) is 1.28. The number of nitrogens with zero attached hydrogens (tertiary/aromatic N) is 1. The second-order valence-electron chi connectivity index (χ2n) is 3.12. The van der Waals surface area contributed by atoms with Gasteiger partial charge in [-0.25, -0.2) is 4.79 Å². The Balaban J connectivity index is 2.77. The Hall–Kier alpha value is -1.89. The van der Waals surface area contributed by atoms with Crippen molar-refractivity contribution in [3.63, 3.8) is 0 Å². The van der Waals surface area contributed by atoms with E-state index in [9.17, 15) is 14.4 Å². The average Bonchev–Trinajstić information content (AvgIpc) is 2.22. The van der Waals surface area contributed by atoms with E-state index in [1.807, 2.05) is 0 Å². The van der Waals surface area contributed by atoms with E-state index in [1.54, 1.807) is 6.92 Å². The smallest absolute Gasteiger partial charge is 0.328 e. The first-order valence-corrected chi connectivity index (χ1v) is 4.76.